The van der Waals surface area contributed by atoms with Crippen molar-refractivity contribution < 1.29 is 13.2 Å². The fourth-order valence-electron chi connectivity index (χ4n) is 3.55. The van der Waals surface area contributed by atoms with Gasteiger partial charge in [-0.1, -0.05) is 37.1 Å². The smallest absolute Gasteiger partial charge is 0.246 e. The van der Waals surface area contributed by atoms with Crippen LogP contribution in [0.3, 0.4) is 0 Å². The number of benzene rings is 2. The van der Waals surface area contributed by atoms with Crippen molar-refractivity contribution in [3.8, 4) is 5.75 Å². The minimum Gasteiger partial charge on any atom is -0.495 e. The summed E-state index contributed by atoms with van der Waals surface area (Å²) >= 11 is 1.61. The van der Waals surface area contributed by atoms with Gasteiger partial charge in [0.25, 0.3) is 0 Å². The Kier molecular flexibility index (Phi) is 5.99. The van der Waals surface area contributed by atoms with Crippen molar-refractivity contribution in [2.45, 2.75) is 30.6 Å². The van der Waals surface area contributed by atoms with Gasteiger partial charge in [-0.25, -0.2) is 13.4 Å². The number of hydrogen-bond acceptors (Lipinski definition) is 5. The summed E-state index contributed by atoms with van der Waals surface area (Å²) in [4.78, 5) is 4.83. The average Bonchev–Trinajstić information content (AvgIpc) is 2.94. The van der Waals surface area contributed by atoms with Gasteiger partial charge >= 0.3 is 0 Å². The van der Waals surface area contributed by atoms with Crippen LogP contribution in [0.25, 0.3) is 22.4 Å². The summed E-state index contributed by atoms with van der Waals surface area (Å²) in [6.45, 7) is 1.13. The zero-order valence-electron chi connectivity index (χ0n) is 16.4. The summed E-state index contributed by atoms with van der Waals surface area (Å²) < 4.78 is 34.6. The summed E-state index contributed by atoms with van der Waals surface area (Å²) in [7, 11) is -2.09. The second-order valence-electron chi connectivity index (χ2n) is 7.08. The molecule has 0 spiro atoms. The molecule has 1 fully saturated rings. The SMILES string of the molecule is COc1ccc(/C=C/c2nc3ccccc3s2)cc1S(=O)(=O)N1CCCCCC1. The maximum absolute atomic E-state index is 13.3. The van der Waals surface area contributed by atoms with Crippen LogP contribution in [0.15, 0.2) is 47.4 Å². The molecule has 0 unspecified atom stereocenters. The molecule has 0 N–H and O–H groups in total. The van der Waals surface area contributed by atoms with E-state index < -0.39 is 10.0 Å². The van der Waals surface area contributed by atoms with Crippen molar-refractivity contribution >= 4 is 43.7 Å². The highest BCUT2D eigenvalue weighted by Gasteiger charge is 2.28. The van der Waals surface area contributed by atoms with Crippen molar-refractivity contribution in [1.29, 1.82) is 0 Å². The molecular weight excluding hydrogens is 404 g/mol. The van der Waals surface area contributed by atoms with Gasteiger partial charge in [-0.2, -0.15) is 4.31 Å². The Balaban J connectivity index is 1.65. The Hall–Kier alpha value is -2.22. The Bertz CT molecular complexity index is 1090. The molecule has 0 bridgehead atoms. The van der Waals surface area contributed by atoms with Crippen molar-refractivity contribution in [2.24, 2.45) is 0 Å². The summed E-state index contributed by atoms with van der Waals surface area (Å²) in [6.07, 6.45) is 7.78. The number of nitrogens with zero attached hydrogens (tertiary/aromatic N) is 2. The molecule has 4 rings (SSSR count). The molecule has 0 aliphatic carbocycles. The van der Waals surface area contributed by atoms with Gasteiger partial charge < -0.3 is 4.74 Å². The van der Waals surface area contributed by atoms with Crippen molar-refractivity contribution in [3.63, 3.8) is 0 Å². The number of para-hydroxylation sites is 1. The number of sulfonamides is 1. The molecule has 0 radical (unpaired) electrons. The van der Waals surface area contributed by atoms with Crippen molar-refractivity contribution in [1.82, 2.24) is 9.29 Å². The van der Waals surface area contributed by atoms with Crippen LogP contribution in [0, 0.1) is 0 Å². The molecule has 0 saturated carbocycles. The highest BCUT2D eigenvalue weighted by molar-refractivity contribution is 7.89. The molecule has 3 aromatic rings. The zero-order valence-corrected chi connectivity index (χ0v) is 18.0. The molecule has 2 aromatic carbocycles. The Morgan fingerprint density at radius 2 is 1.79 bits per heavy atom. The third kappa shape index (κ3) is 4.37. The van der Waals surface area contributed by atoms with Crippen LogP contribution in [0.2, 0.25) is 0 Å². The van der Waals surface area contributed by atoms with Crippen molar-refractivity contribution in [2.75, 3.05) is 20.2 Å². The van der Waals surface area contributed by atoms with E-state index in [-0.39, 0.29) is 4.90 Å². The van der Waals surface area contributed by atoms with Crippen LogP contribution < -0.4 is 4.74 Å². The maximum atomic E-state index is 13.3. The third-order valence-electron chi connectivity index (χ3n) is 5.10. The Labute approximate surface area is 175 Å². The van der Waals surface area contributed by atoms with Gasteiger partial charge in [-0.05, 0) is 48.7 Å². The van der Waals surface area contributed by atoms with Gasteiger partial charge in [0.05, 0.1) is 17.3 Å². The van der Waals surface area contributed by atoms with E-state index >= 15 is 0 Å². The topological polar surface area (TPSA) is 59.5 Å². The average molecular weight is 429 g/mol. The van der Waals surface area contributed by atoms with Crippen LogP contribution in [0.5, 0.6) is 5.75 Å². The van der Waals surface area contributed by atoms with E-state index in [1.54, 1.807) is 27.8 Å². The second kappa shape index (κ2) is 8.65. The van der Waals surface area contributed by atoms with E-state index in [1.807, 2.05) is 42.5 Å². The van der Waals surface area contributed by atoms with Gasteiger partial charge in [0.15, 0.2) is 0 Å². The minimum absolute atomic E-state index is 0.230. The molecule has 0 atom stereocenters. The van der Waals surface area contributed by atoms with Crippen LogP contribution in [-0.4, -0.2) is 37.9 Å². The first-order valence-electron chi connectivity index (χ1n) is 9.80. The number of thiazole rings is 1. The summed E-state index contributed by atoms with van der Waals surface area (Å²) in [6, 6.07) is 13.3. The number of rotatable bonds is 5. The molecule has 5 nitrogen and oxygen atoms in total. The second-order valence-corrected chi connectivity index (χ2v) is 10.1. The number of fused-ring (bicyclic) bond motifs is 1. The predicted octanol–water partition coefficient (Wildman–Crippen LogP) is 5.04. The van der Waals surface area contributed by atoms with E-state index in [9.17, 15) is 8.42 Å². The first-order chi connectivity index (χ1) is 14.1. The third-order valence-corrected chi connectivity index (χ3v) is 8.02. The lowest BCUT2D eigenvalue weighted by Gasteiger charge is -2.21. The van der Waals surface area contributed by atoms with E-state index in [2.05, 4.69) is 4.98 Å². The zero-order chi connectivity index (χ0) is 20.3. The molecule has 29 heavy (non-hydrogen) atoms. The Morgan fingerprint density at radius 3 is 2.52 bits per heavy atom. The lowest BCUT2D eigenvalue weighted by atomic mass is 10.2. The minimum atomic E-state index is -3.59. The van der Waals surface area contributed by atoms with E-state index in [0.29, 0.717) is 18.8 Å². The number of ether oxygens (including phenoxy) is 1. The number of aromatic nitrogens is 1. The van der Waals surface area contributed by atoms with Gasteiger partial charge in [0.2, 0.25) is 10.0 Å². The maximum Gasteiger partial charge on any atom is 0.246 e. The number of methoxy groups -OCH3 is 1. The van der Waals surface area contributed by atoms with Gasteiger partial charge in [-0.3, -0.25) is 0 Å². The highest BCUT2D eigenvalue weighted by atomic mass is 32.2. The Morgan fingerprint density at radius 1 is 1.03 bits per heavy atom. The van der Waals surface area contributed by atoms with E-state index in [0.717, 1.165) is 46.5 Å². The van der Waals surface area contributed by atoms with Crippen molar-refractivity contribution in [3.05, 3.63) is 53.0 Å². The molecular formula is C22H24N2O3S2. The largest absolute Gasteiger partial charge is 0.495 e. The fraction of sp³-hybridized carbons (Fsp3) is 0.318. The quantitative estimate of drug-likeness (QED) is 0.571. The number of hydrogen-bond donors (Lipinski definition) is 0. The molecule has 1 aliphatic heterocycles. The van der Waals surface area contributed by atoms with Crippen LogP contribution >= 0.6 is 11.3 Å². The molecule has 1 saturated heterocycles. The molecule has 0 amide bonds. The lowest BCUT2D eigenvalue weighted by Crippen LogP contribution is -2.32. The fourth-order valence-corrected chi connectivity index (χ4v) is 6.13. The van der Waals surface area contributed by atoms with Crippen LogP contribution in [0.4, 0.5) is 0 Å². The van der Waals surface area contributed by atoms with Gasteiger partial charge in [0.1, 0.15) is 15.7 Å². The summed E-state index contributed by atoms with van der Waals surface area (Å²) in [5.74, 6) is 0.381. The molecule has 2 heterocycles. The first kappa shape index (κ1) is 20.1. The molecule has 7 heteroatoms. The van der Waals surface area contributed by atoms with Gasteiger partial charge in [-0.15, -0.1) is 11.3 Å². The van der Waals surface area contributed by atoms with E-state index in [1.165, 1.54) is 7.11 Å². The van der Waals surface area contributed by atoms with Gasteiger partial charge in [0, 0.05) is 13.1 Å². The highest BCUT2D eigenvalue weighted by Crippen LogP contribution is 2.30. The monoisotopic (exact) mass is 428 g/mol. The molecule has 152 valence electrons. The molecule has 1 aliphatic rings. The first-order valence-corrected chi connectivity index (χ1v) is 12.1. The van der Waals surface area contributed by atoms with E-state index in [4.69, 9.17) is 4.74 Å². The molecule has 1 aromatic heterocycles. The standard InChI is InChI=1S/C22H24N2O3S2/c1-27-19-12-10-17(11-13-22-23-18-8-4-5-9-20(18)28-22)16-21(19)29(25,26)24-14-6-2-3-7-15-24/h4-5,8-13,16H,2-3,6-7,14-15H2,1H3/b13-11+. The van der Waals surface area contributed by atoms with Crippen LogP contribution in [0.1, 0.15) is 36.3 Å². The van der Waals surface area contributed by atoms with Crippen LogP contribution in [-0.2, 0) is 10.0 Å². The summed E-state index contributed by atoms with van der Waals surface area (Å²) in [5.41, 5.74) is 1.77. The normalized spacial score (nSPS) is 16.3. The summed E-state index contributed by atoms with van der Waals surface area (Å²) in [5, 5.41) is 0.888. The predicted molar refractivity (Wildman–Crippen MR) is 119 cm³/mol. The lowest BCUT2D eigenvalue weighted by molar-refractivity contribution is 0.391.